The summed E-state index contributed by atoms with van der Waals surface area (Å²) in [6, 6.07) is 24.4. The summed E-state index contributed by atoms with van der Waals surface area (Å²) in [7, 11) is 0. The Bertz CT molecular complexity index is 946. The minimum Gasteiger partial charge on any atom is -0.482 e. The number of benzene rings is 3. The first-order chi connectivity index (χ1) is 14.6. The van der Waals surface area contributed by atoms with E-state index >= 15 is 0 Å². The first kappa shape index (κ1) is 21.0. The lowest BCUT2D eigenvalue weighted by molar-refractivity contribution is -0.150. The number of rotatable bonds is 9. The molecule has 0 bridgehead atoms. The quantitative estimate of drug-likeness (QED) is 0.548. The number of carbonyl (C=O) groups excluding carboxylic acids is 2. The van der Waals surface area contributed by atoms with Gasteiger partial charge in [0.05, 0.1) is 6.04 Å². The third kappa shape index (κ3) is 6.74. The summed E-state index contributed by atoms with van der Waals surface area (Å²) in [5.74, 6) is -1.15. The maximum absolute atomic E-state index is 12.9. The van der Waals surface area contributed by atoms with Crippen molar-refractivity contribution in [2.24, 2.45) is 0 Å². The molecule has 3 aromatic rings. The van der Waals surface area contributed by atoms with Crippen molar-refractivity contribution in [3.05, 3.63) is 102 Å². The fourth-order valence-corrected chi connectivity index (χ4v) is 2.88. The van der Waals surface area contributed by atoms with E-state index in [2.05, 4.69) is 5.32 Å². The molecule has 1 amide bonds. The highest BCUT2D eigenvalue weighted by molar-refractivity contribution is 5.81. The number of hydrogen-bond donors (Lipinski definition) is 1. The normalized spacial score (nSPS) is 11.4. The number of amides is 1. The molecule has 3 aromatic carbocycles. The predicted octanol–water partition coefficient (Wildman–Crippen LogP) is 3.85. The molecule has 154 valence electrons. The Balaban J connectivity index is 1.51. The van der Waals surface area contributed by atoms with Gasteiger partial charge in [-0.3, -0.25) is 4.79 Å². The van der Waals surface area contributed by atoms with Gasteiger partial charge >= 0.3 is 5.97 Å². The first-order valence-corrected chi connectivity index (χ1v) is 9.52. The lowest BCUT2D eigenvalue weighted by atomic mass is 9.99. The van der Waals surface area contributed by atoms with Crippen LogP contribution in [0.15, 0.2) is 84.9 Å². The van der Waals surface area contributed by atoms with Gasteiger partial charge < -0.3 is 14.8 Å². The van der Waals surface area contributed by atoms with Crippen LogP contribution in [0.4, 0.5) is 4.39 Å². The second-order valence-electron chi connectivity index (χ2n) is 6.62. The maximum Gasteiger partial charge on any atom is 0.344 e. The second kappa shape index (κ2) is 10.8. The van der Waals surface area contributed by atoms with Crippen LogP contribution in [-0.2, 0) is 20.7 Å². The molecule has 0 saturated carbocycles. The Kier molecular flexibility index (Phi) is 7.55. The van der Waals surface area contributed by atoms with E-state index in [1.54, 1.807) is 0 Å². The van der Waals surface area contributed by atoms with Gasteiger partial charge in [0.25, 0.3) is 5.91 Å². The highest BCUT2D eigenvalue weighted by Crippen LogP contribution is 2.18. The zero-order valence-electron chi connectivity index (χ0n) is 16.3. The average Bonchev–Trinajstić information content (AvgIpc) is 2.78. The van der Waals surface area contributed by atoms with Gasteiger partial charge in [0.2, 0.25) is 0 Å². The summed E-state index contributed by atoms with van der Waals surface area (Å²) in [5.41, 5.74) is 2.04. The van der Waals surface area contributed by atoms with Crippen molar-refractivity contribution in [2.45, 2.75) is 12.5 Å². The summed E-state index contributed by atoms with van der Waals surface area (Å²) in [6.45, 7) is -0.783. The summed E-state index contributed by atoms with van der Waals surface area (Å²) >= 11 is 0. The van der Waals surface area contributed by atoms with Crippen molar-refractivity contribution < 1.29 is 23.5 Å². The molecule has 0 spiro atoms. The highest BCUT2D eigenvalue weighted by Gasteiger charge is 2.16. The van der Waals surface area contributed by atoms with E-state index < -0.39 is 24.3 Å². The summed E-state index contributed by atoms with van der Waals surface area (Å²) in [4.78, 5) is 24.2. The van der Waals surface area contributed by atoms with Crippen LogP contribution in [-0.4, -0.2) is 25.1 Å². The van der Waals surface area contributed by atoms with Crippen molar-refractivity contribution in [1.29, 1.82) is 0 Å². The third-order valence-corrected chi connectivity index (χ3v) is 4.35. The van der Waals surface area contributed by atoms with E-state index in [-0.39, 0.29) is 12.6 Å². The lowest BCUT2D eigenvalue weighted by Crippen LogP contribution is -2.34. The third-order valence-electron chi connectivity index (χ3n) is 4.35. The molecule has 6 heteroatoms. The predicted molar refractivity (Wildman–Crippen MR) is 110 cm³/mol. The molecule has 30 heavy (non-hydrogen) atoms. The van der Waals surface area contributed by atoms with Crippen molar-refractivity contribution in [1.82, 2.24) is 5.32 Å². The molecule has 0 aromatic heterocycles. The van der Waals surface area contributed by atoms with Crippen LogP contribution in [0.1, 0.15) is 17.2 Å². The van der Waals surface area contributed by atoms with Crippen molar-refractivity contribution in [3.8, 4) is 5.75 Å². The van der Waals surface area contributed by atoms with Crippen molar-refractivity contribution in [2.75, 3.05) is 13.2 Å². The van der Waals surface area contributed by atoms with Crippen LogP contribution in [0.2, 0.25) is 0 Å². The molecule has 0 aliphatic rings. The standard InChI is InChI=1S/C24H22FNO4/c25-20-11-13-21(14-12-20)29-17-24(28)30-16-23(27)26-22(19-9-5-2-6-10-19)15-18-7-3-1-4-8-18/h1-14,22H,15-17H2,(H,26,27)/t22-/m1/s1. The van der Waals surface area contributed by atoms with Gasteiger partial charge in [0.15, 0.2) is 13.2 Å². The molecule has 0 fully saturated rings. The smallest absolute Gasteiger partial charge is 0.344 e. The SMILES string of the molecule is O=C(COC(=O)COc1ccc(F)cc1)N[C@H](Cc1ccccc1)c1ccccc1. The molecule has 0 saturated heterocycles. The van der Waals surface area contributed by atoms with Gasteiger partial charge in [-0.05, 0) is 41.8 Å². The largest absolute Gasteiger partial charge is 0.482 e. The van der Waals surface area contributed by atoms with Gasteiger partial charge in [-0.2, -0.15) is 0 Å². The molecule has 0 aliphatic carbocycles. The average molecular weight is 407 g/mol. The van der Waals surface area contributed by atoms with Crippen LogP contribution in [0.25, 0.3) is 0 Å². The molecule has 0 aliphatic heterocycles. The monoisotopic (exact) mass is 407 g/mol. The zero-order valence-corrected chi connectivity index (χ0v) is 16.3. The molecule has 5 nitrogen and oxygen atoms in total. The number of esters is 1. The van der Waals surface area contributed by atoms with Crippen LogP contribution in [0, 0.1) is 5.82 Å². The Labute approximate surface area is 174 Å². The highest BCUT2D eigenvalue weighted by atomic mass is 19.1. The lowest BCUT2D eigenvalue weighted by Gasteiger charge is -2.19. The number of ether oxygens (including phenoxy) is 2. The van der Waals surface area contributed by atoms with E-state index in [9.17, 15) is 14.0 Å². The summed E-state index contributed by atoms with van der Waals surface area (Å²) < 4.78 is 23.1. The van der Waals surface area contributed by atoms with Gasteiger partial charge in [-0.15, -0.1) is 0 Å². The zero-order chi connectivity index (χ0) is 21.2. The van der Waals surface area contributed by atoms with Gasteiger partial charge in [-0.1, -0.05) is 60.7 Å². The maximum atomic E-state index is 12.9. The number of halogens is 1. The van der Waals surface area contributed by atoms with Gasteiger partial charge in [0.1, 0.15) is 11.6 Å². The van der Waals surface area contributed by atoms with Crippen LogP contribution < -0.4 is 10.1 Å². The van der Waals surface area contributed by atoms with E-state index in [1.807, 2.05) is 60.7 Å². The minimum atomic E-state index is -0.686. The summed E-state index contributed by atoms with van der Waals surface area (Å²) in [5, 5.41) is 2.92. The molecule has 0 heterocycles. The van der Waals surface area contributed by atoms with Crippen LogP contribution in [0.5, 0.6) is 5.75 Å². The summed E-state index contributed by atoms with van der Waals surface area (Å²) in [6.07, 6.45) is 0.609. The molecule has 1 atom stereocenters. The Morgan fingerprint density at radius 2 is 1.47 bits per heavy atom. The Hall–Kier alpha value is -3.67. The molecule has 0 radical (unpaired) electrons. The van der Waals surface area contributed by atoms with E-state index in [0.717, 1.165) is 11.1 Å². The van der Waals surface area contributed by atoms with E-state index in [4.69, 9.17) is 9.47 Å². The Morgan fingerprint density at radius 1 is 0.833 bits per heavy atom. The van der Waals surface area contributed by atoms with Crippen molar-refractivity contribution >= 4 is 11.9 Å². The molecule has 3 rings (SSSR count). The van der Waals surface area contributed by atoms with Crippen molar-refractivity contribution in [3.63, 3.8) is 0 Å². The van der Waals surface area contributed by atoms with Crippen LogP contribution in [0.3, 0.4) is 0 Å². The molecular formula is C24H22FNO4. The van der Waals surface area contributed by atoms with Gasteiger partial charge in [0, 0.05) is 0 Å². The number of nitrogens with one attached hydrogen (secondary N) is 1. The van der Waals surface area contributed by atoms with Crippen LogP contribution >= 0.6 is 0 Å². The molecular weight excluding hydrogens is 385 g/mol. The number of carbonyl (C=O) groups is 2. The Morgan fingerprint density at radius 3 is 2.13 bits per heavy atom. The van der Waals surface area contributed by atoms with E-state index in [0.29, 0.717) is 12.2 Å². The topological polar surface area (TPSA) is 64.6 Å². The van der Waals surface area contributed by atoms with Gasteiger partial charge in [-0.25, -0.2) is 9.18 Å². The fourth-order valence-electron chi connectivity index (χ4n) is 2.88. The first-order valence-electron chi connectivity index (χ1n) is 9.52. The van der Waals surface area contributed by atoms with E-state index in [1.165, 1.54) is 24.3 Å². The second-order valence-corrected chi connectivity index (χ2v) is 6.62. The minimum absolute atomic E-state index is 0.254. The molecule has 0 unspecified atom stereocenters. The molecule has 1 N–H and O–H groups in total. The number of hydrogen-bond acceptors (Lipinski definition) is 4. The fraction of sp³-hybridized carbons (Fsp3) is 0.167.